The molecule has 1 aliphatic heterocycles. The maximum absolute atomic E-state index is 13.6. The van der Waals surface area contributed by atoms with Gasteiger partial charge in [0.2, 0.25) is 10.0 Å². The molecule has 0 spiro atoms. The van der Waals surface area contributed by atoms with Crippen LogP contribution in [0.3, 0.4) is 0 Å². The molecule has 0 saturated carbocycles. The Labute approximate surface area is 146 Å². The molecule has 0 unspecified atom stereocenters. The lowest BCUT2D eigenvalue weighted by atomic mass is 10.2. The number of nitrogens with zero attached hydrogens (tertiary/aromatic N) is 1. The zero-order valence-corrected chi connectivity index (χ0v) is 15.3. The molecule has 2 aromatic carbocycles. The number of benzene rings is 2. The molecule has 1 N–H and O–H groups in total. The highest BCUT2D eigenvalue weighted by Crippen LogP contribution is 2.32. The molecule has 6 nitrogen and oxygen atoms in total. The molecular formula is C16H17FN2O4S2. The molecule has 0 aliphatic carbocycles. The first kappa shape index (κ1) is 17.7. The van der Waals surface area contributed by atoms with Crippen molar-refractivity contribution >= 4 is 31.4 Å². The smallest absolute Gasteiger partial charge is 0.261 e. The van der Waals surface area contributed by atoms with Crippen molar-refractivity contribution in [3.05, 3.63) is 53.3 Å². The number of hydrogen-bond donors (Lipinski definition) is 1. The Kier molecular flexibility index (Phi) is 4.24. The summed E-state index contributed by atoms with van der Waals surface area (Å²) in [4.78, 5) is 0.00487. The summed E-state index contributed by atoms with van der Waals surface area (Å²) in [5, 5.41) is 0. The Bertz CT molecular complexity index is 1050. The van der Waals surface area contributed by atoms with Crippen molar-refractivity contribution in [2.24, 2.45) is 0 Å². The van der Waals surface area contributed by atoms with Crippen molar-refractivity contribution in [1.29, 1.82) is 0 Å². The van der Waals surface area contributed by atoms with Crippen molar-refractivity contribution in [3.8, 4) is 0 Å². The van der Waals surface area contributed by atoms with Crippen molar-refractivity contribution in [1.82, 2.24) is 0 Å². The van der Waals surface area contributed by atoms with Crippen molar-refractivity contribution < 1.29 is 21.2 Å². The van der Waals surface area contributed by atoms with Crippen LogP contribution < -0.4 is 9.03 Å². The molecule has 0 fully saturated rings. The normalized spacial score (nSPS) is 14.4. The topological polar surface area (TPSA) is 83.6 Å². The molecular weight excluding hydrogens is 367 g/mol. The zero-order chi connectivity index (χ0) is 18.4. The molecule has 3 rings (SSSR count). The Balaban J connectivity index is 1.96. The van der Waals surface area contributed by atoms with Crippen LogP contribution in [0.25, 0.3) is 0 Å². The van der Waals surface area contributed by atoms with E-state index in [2.05, 4.69) is 4.72 Å². The van der Waals surface area contributed by atoms with Gasteiger partial charge in [-0.05, 0) is 49.2 Å². The van der Waals surface area contributed by atoms with E-state index in [0.29, 0.717) is 17.7 Å². The lowest BCUT2D eigenvalue weighted by Crippen LogP contribution is -2.27. The van der Waals surface area contributed by atoms with Crippen LogP contribution in [0.5, 0.6) is 0 Å². The van der Waals surface area contributed by atoms with Crippen LogP contribution in [0.2, 0.25) is 0 Å². The fourth-order valence-electron chi connectivity index (χ4n) is 2.78. The van der Waals surface area contributed by atoms with E-state index >= 15 is 0 Å². The Hall–Kier alpha value is -2.13. The minimum Gasteiger partial charge on any atom is -0.279 e. The summed E-state index contributed by atoms with van der Waals surface area (Å²) in [6, 6.07) is 8.44. The summed E-state index contributed by atoms with van der Waals surface area (Å²) in [6.45, 7) is 1.77. The lowest BCUT2D eigenvalue weighted by Gasteiger charge is -2.17. The van der Waals surface area contributed by atoms with Gasteiger partial charge in [-0.15, -0.1) is 0 Å². The second kappa shape index (κ2) is 5.99. The van der Waals surface area contributed by atoms with Gasteiger partial charge in [-0.25, -0.2) is 21.2 Å². The molecule has 9 heteroatoms. The second-order valence-corrected chi connectivity index (χ2v) is 9.48. The number of nitrogens with one attached hydrogen (secondary N) is 1. The van der Waals surface area contributed by atoms with E-state index in [9.17, 15) is 21.2 Å². The van der Waals surface area contributed by atoms with Crippen LogP contribution >= 0.6 is 0 Å². The maximum atomic E-state index is 13.6. The van der Waals surface area contributed by atoms with Gasteiger partial charge in [0.1, 0.15) is 5.82 Å². The molecule has 1 heterocycles. The zero-order valence-electron chi connectivity index (χ0n) is 13.7. The van der Waals surface area contributed by atoms with Gasteiger partial charge in [0, 0.05) is 12.1 Å². The van der Waals surface area contributed by atoms with Crippen LogP contribution in [0.1, 0.15) is 11.1 Å². The fraction of sp³-hybridized carbons (Fsp3) is 0.250. The van der Waals surface area contributed by atoms with Gasteiger partial charge >= 0.3 is 0 Å². The average Bonchev–Trinajstić information content (AvgIpc) is 2.95. The number of halogens is 1. The van der Waals surface area contributed by atoms with Crippen molar-refractivity contribution in [2.45, 2.75) is 18.2 Å². The van der Waals surface area contributed by atoms with Crippen LogP contribution in [0.15, 0.2) is 41.3 Å². The fourth-order valence-corrected chi connectivity index (χ4v) is 4.91. The molecule has 134 valence electrons. The van der Waals surface area contributed by atoms with E-state index in [0.717, 1.165) is 6.26 Å². The van der Waals surface area contributed by atoms with Crippen LogP contribution in [0, 0.1) is 12.7 Å². The number of anilines is 2. The third-order valence-electron chi connectivity index (χ3n) is 4.13. The first-order valence-electron chi connectivity index (χ1n) is 7.48. The molecule has 2 aromatic rings. The minimum atomic E-state index is -3.91. The molecule has 1 aliphatic rings. The van der Waals surface area contributed by atoms with Crippen LogP contribution in [-0.4, -0.2) is 29.6 Å². The predicted molar refractivity (Wildman–Crippen MR) is 94.3 cm³/mol. The Morgan fingerprint density at radius 2 is 1.84 bits per heavy atom. The van der Waals surface area contributed by atoms with Crippen LogP contribution in [-0.2, 0) is 26.5 Å². The van der Waals surface area contributed by atoms with E-state index in [1.807, 2.05) is 0 Å². The largest absolute Gasteiger partial charge is 0.279 e. The number of hydrogen-bond acceptors (Lipinski definition) is 4. The summed E-state index contributed by atoms with van der Waals surface area (Å²) >= 11 is 0. The average molecular weight is 384 g/mol. The van der Waals surface area contributed by atoms with E-state index in [1.54, 1.807) is 0 Å². The van der Waals surface area contributed by atoms with E-state index in [-0.39, 0.29) is 22.7 Å². The third kappa shape index (κ3) is 3.34. The summed E-state index contributed by atoms with van der Waals surface area (Å²) in [7, 11) is -7.31. The van der Waals surface area contributed by atoms with Gasteiger partial charge in [-0.3, -0.25) is 9.03 Å². The van der Waals surface area contributed by atoms with Crippen molar-refractivity contribution in [3.63, 3.8) is 0 Å². The van der Waals surface area contributed by atoms with Gasteiger partial charge < -0.3 is 0 Å². The SMILES string of the molecule is Cc1c(F)cccc1NS(=O)(=O)c1ccc2c(c1)CCN2S(C)(=O)=O. The van der Waals surface area contributed by atoms with Gasteiger partial charge in [-0.2, -0.15) is 0 Å². The number of rotatable bonds is 4. The van der Waals surface area contributed by atoms with Gasteiger partial charge in [-0.1, -0.05) is 6.07 Å². The monoisotopic (exact) mass is 384 g/mol. The lowest BCUT2D eigenvalue weighted by molar-refractivity contribution is 0.597. The third-order valence-corrected chi connectivity index (χ3v) is 6.67. The minimum absolute atomic E-state index is 0.00487. The Morgan fingerprint density at radius 1 is 1.12 bits per heavy atom. The van der Waals surface area contributed by atoms with Gasteiger partial charge in [0.15, 0.2) is 0 Å². The summed E-state index contributed by atoms with van der Waals surface area (Å²) in [5.41, 5.74) is 1.50. The predicted octanol–water partition coefficient (Wildman–Crippen LogP) is 2.26. The van der Waals surface area contributed by atoms with E-state index < -0.39 is 25.9 Å². The summed E-state index contributed by atoms with van der Waals surface area (Å²) in [5.74, 6) is -0.502. The molecule has 0 atom stereocenters. The highest BCUT2D eigenvalue weighted by molar-refractivity contribution is 7.92. The summed E-state index contributed by atoms with van der Waals surface area (Å²) < 4.78 is 65.9. The Morgan fingerprint density at radius 3 is 2.52 bits per heavy atom. The highest BCUT2D eigenvalue weighted by Gasteiger charge is 2.28. The first-order valence-corrected chi connectivity index (χ1v) is 10.8. The van der Waals surface area contributed by atoms with Crippen LogP contribution in [0.4, 0.5) is 15.8 Å². The van der Waals surface area contributed by atoms with E-state index in [4.69, 9.17) is 0 Å². The number of fused-ring (bicyclic) bond motifs is 1. The standard InChI is InChI=1S/C16H17FN2O4S2/c1-11-14(17)4-3-5-15(11)18-25(22,23)13-6-7-16-12(10-13)8-9-19(16)24(2,20)21/h3-7,10,18H,8-9H2,1-2H3. The quantitative estimate of drug-likeness (QED) is 0.876. The van der Waals surface area contributed by atoms with Crippen molar-refractivity contribution in [2.75, 3.05) is 21.8 Å². The summed E-state index contributed by atoms with van der Waals surface area (Å²) in [6.07, 6.45) is 1.55. The van der Waals surface area contributed by atoms with Gasteiger partial charge in [0.05, 0.1) is 22.5 Å². The maximum Gasteiger partial charge on any atom is 0.261 e. The van der Waals surface area contributed by atoms with E-state index in [1.165, 1.54) is 47.6 Å². The molecule has 0 saturated heterocycles. The molecule has 0 amide bonds. The molecule has 0 aromatic heterocycles. The first-order chi connectivity index (χ1) is 11.6. The molecule has 0 bridgehead atoms. The second-order valence-electron chi connectivity index (χ2n) is 5.89. The number of sulfonamides is 2. The molecule has 25 heavy (non-hydrogen) atoms. The highest BCUT2D eigenvalue weighted by atomic mass is 32.2. The van der Waals surface area contributed by atoms with Gasteiger partial charge in [0.25, 0.3) is 10.0 Å². The molecule has 0 radical (unpaired) electrons.